The average Bonchev–Trinajstić information content (AvgIpc) is 3.23. The Hall–Kier alpha value is -2.78. The van der Waals surface area contributed by atoms with E-state index in [0.29, 0.717) is 18.1 Å². The van der Waals surface area contributed by atoms with Crippen LogP contribution >= 0.6 is 34.4 Å². The zero-order valence-corrected chi connectivity index (χ0v) is 24.8. The Morgan fingerprint density at radius 2 is 1.74 bits per heavy atom. The van der Waals surface area contributed by atoms with Gasteiger partial charge in [0, 0.05) is 25.3 Å². The van der Waals surface area contributed by atoms with E-state index in [1.165, 1.54) is 42.3 Å². The standard InChI is InChI=1S/C31H32IN3O2S/c1-3-35-30(36)29(38-31(35)33-25-12-14-26(15-13-25)34-17-5-4-6-18-34)20-24-11-16-28(27(32)19-24)37-21-23-9-7-22(2)8-10-23/h7-16,19-20H,3-6,17-18,21H2,1-2H3/b29-20-,33-31?. The lowest BCUT2D eigenvalue weighted by Gasteiger charge is -2.28. The summed E-state index contributed by atoms with van der Waals surface area (Å²) in [6.45, 7) is 7.41. The third-order valence-corrected chi connectivity index (χ3v) is 8.62. The number of carbonyl (C=O) groups excluding carboxylic acids is 1. The van der Waals surface area contributed by atoms with Crippen LogP contribution in [0.15, 0.2) is 76.6 Å². The number of likely N-dealkylation sites (N-methyl/N-ethyl adjacent to an activating group) is 1. The van der Waals surface area contributed by atoms with Crippen molar-refractivity contribution in [1.29, 1.82) is 0 Å². The fourth-order valence-corrected chi connectivity index (χ4v) is 6.35. The second-order valence-electron chi connectivity index (χ2n) is 9.58. The Morgan fingerprint density at radius 1 is 1.00 bits per heavy atom. The van der Waals surface area contributed by atoms with E-state index < -0.39 is 0 Å². The smallest absolute Gasteiger partial charge is 0.266 e. The lowest BCUT2D eigenvalue weighted by Crippen LogP contribution is -2.29. The largest absolute Gasteiger partial charge is 0.488 e. The van der Waals surface area contributed by atoms with Gasteiger partial charge in [0.05, 0.1) is 14.2 Å². The molecule has 38 heavy (non-hydrogen) atoms. The Morgan fingerprint density at radius 3 is 2.42 bits per heavy atom. The highest BCUT2D eigenvalue weighted by Crippen LogP contribution is 2.35. The van der Waals surface area contributed by atoms with Gasteiger partial charge in [-0.3, -0.25) is 9.69 Å². The molecule has 2 aliphatic heterocycles. The molecular formula is C31H32IN3O2S. The van der Waals surface area contributed by atoms with Crippen LogP contribution in [0.4, 0.5) is 11.4 Å². The van der Waals surface area contributed by atoms with Crippen molar-refractivity contribution in [1.82, 2.24) is 4.90 Å². The third kappa shape index (κ3) is 6.43. The molecule has 0 unspecified atom stereocenters. The van der Waals surface area contributed by atoms with E-state index in [1.807, 2.05) is 25.1 Å². The second-order valence-corrected chi connectivity index (χ2v) is 11.8. The minimum absolute atomic E-state index is 0.00380. The van der Waals surface area contributed by atoms with Crippen LogP contribution in [0.1, 0.15) is 42.9 Å². The van der Waals surface area contributed by atoms with Gasteiger partial charge in [-0.25, -0.2) is 4.99 Å². The van der Waals surface area contributed by atoms with E-state index in [-0.39, 0.29) is 5.91 Å². The number of hydrogen-bond donors (Lipinski definition) is 0. The predicted molar refractivity (Wildman–Crippen MR) is 167 cm³/mol. The first-order valence-corrected chi connectivity index (χ1v) is 15.0. The molecule has 3 aromatic rings. The van der Waals surface area contributed by atoms with Gasteiger partial charge in [-0.05, 0) is 121 Å². The van der Waals surface area contributed by atoms with Gasteiger partial charge < -0.3 is 9.64 Å². The van der Waals surface area contributed by atoms with Crippen LogP contribution in [0, 0.1) is 10.5 Å². The maximum Gasteiger partial charge on any atom is 0.266 e. The van der Waals surface area contributed by atoms with Crippen LogP contribution in [0.3, 0.4) is 0 Å². The van der Waals surface area contributed by atoms with Crippen LogP contribution in [-0.2, 0) is 11.4 Å². The SMILES string of the molecule is CCN1C(=O)/C(=C/c2ccc(OCc3ccc(C)cc3)c(I)c2)SC1=Nc1ccc(N2CCCCC2)cc1. The molecule has 0 bridgehead atoms. The molecule has 3 aromatic carbocycles. The number of thioether (sulfide) groups is 1. The van der Waals surface area contributed by atoms with Crippen molar-refractivity contribution >= 4 is 62.9 Å². The molecule has 2 aliphatic rings. The van der Waals surface area contributed by atoms with Gasteiger partial charge >= 0.3 is 0 Å². The minimum atomic E-state index is -0.00380. The molecule has 0 radical (unpaired) electrons. The lowest BCUT2D eigenvalue weighted by molar-refractivity contribution is -0.122. The monoisotopic (exact) mass is 637 g/mol. The number of halogens is 1. The summed E-state index contributed by atoms with van der Waals surface area (Å²) in [5, 5.41) is 0.724. The minimum Gasteiger partial charge on any atom is -0.488 e. The molecule has 2 saturated heterocycles. The quantitative estimate of drug-likeness (QED) is 0.196. The van der Waals surface area contributed by atoms with Gasteiger partial charge in [-0.15, -0.1) is 0 Å². The number of nitrogens with zero attached hydrogens (tertiary/aromatic N) is 3. The zero-order valence-electron chi connectivity index (χ0n) is 21.8. The number of ether oxygens (including phenoxy) is 1. The number of rotatable bonds is 7. The number of hydrogen-bond acceptors (Lipinski definition) is 5. The van der Waals surface area contributed by atoms with Crippen molar-refractivity contribution in [3.8, 4) is 5.75 Å². The number of aliphatic imine (C=N–C) groups is 1. The van der Waals surface area contributed by atoms with Crippen molar-refractivity contribution in [2.75, 3.05) is 24.5 Å². The topological polar surface area (TPSA) is 45.1 Å². The van der Waals surface area contributed by atoms with E-state index >= 15 is 0 Å². The summed E-state index contributed by atoms with van der Waals surface area (Å²) >= 11 is 3.73. The molecule has 0 aromatic heterocycles. The first-order chi connectivity index (χ1) is 18.5. The van der Waals surface area contributed by atoms with E-state index in [4.69, 9.17) is 9.73 Å². The first kappa shape index (κ1) is 26.8. The molecule has 0 saturated carbocycles. The molecular weight excluding hydrogens is 605 g/mol. The number of carbonyl (C=O) groups is 1. The number of benzene rings is 3. The summed E-state index contributed by atoms with van der Waals surface area (Å²) in [5.74, 6) is 0.833. The summed E-state index contributed by atoms with van der Waals surface area (Å²) < 4.78 is 7.05. The highest BCUT2D eigenvalue weighted by Gasteiger charge is 2.32. The molecule has 0 aliphatic carbocycles. The fourth-order valence-electron chi connectivity index (χ4n) is 4.59. The average molecular weight is 638 g/mol. The van der Waals surface area contributed by atoms with Crippen molar-refractivity contribution in [3.63, 3.8) is 0 Å². The number of piperidine rings is 1. The normalized spacial score (nSPS) is 18.0. The first-order valence-electron chi connectivity index (χ1n) is 13.1. The van der Waals surface area contributed by atoms with Crippen molar-refractivity contribution < 1.29 is 9.53 Å². The molecule has 7 heteroatoms. The highest BCUT2D eigenvalue weighted by molar-refractivity contribution is 14.1. The second kappa shape index (κ2) is 12.4. The van der Waals surface area contributed by atoms with Gasteiger partial charge in [0.2, 0.25) is 0 Å². The van der Waals surface area contributed by atoms with Crippen LogP contribution in [0.5, 0.6) is 5.75 Å². The van der Waals surface area contributed by atoms with Gasteiger partial charge in [0.1, 0.15) is 12.4 Å². The summed E-state index contributed by atoms with van der Waals surface area (Å²) in [6, 6.07) is 22.8. The summed E-state index contributed by atoms with van der Waals surface area (Å²) in [6.07, 6.45) is 5.78. The molecule has 0 atom stereocenters. The van der Waals surface area contributed by atoms with E-state index in [9.17, 15) is 4.79 Å². The molecule has 2 fully saturated rings. The van der Waals surface area contributed by atoms with Crippen LogP contribution in [0.2, 0.25) is 0 Å². The Labute approximate surface area is 243 Å². The van der Waals surface area contributed by atoms with Crippen LogP contribution in [0.25, 0.3) is 6.08 Å². The van der Waals surface area contributed by atoms with Crippen molar-refractivity contribution in [2.24, 2.45) is 4.99 Å². The molecule has 5 nitrogen and oxygen atoms in total. The number of amidine groups is 1. The molecule has 2 heterocycles. The van der Waals surface area contributed by atoms with Gasteiger partial charge in [-0.2, -0.15) is 0 Å². The van der Waals surface area contributed by atoms with Crippen LogP contribution in [-0.4, -0.2) is 35.6 Å². The third-order valence-electron chi connectivity index (χ3n) is 6.77. The Balaban J connectivity index is 1.28. The maximum atomic E-state index is 13.2. The highest BCUT2D eigenvalue weighted by atomic mass is 127. The molecule has 5 rings (SSSR count). The molecule has 0 N–H and O–H groups in total. The molecule has 1 amide bonds. The van der Waals surface area contributed by atoms with Gasteiger partial charge in [0.15, 0.2) is 5.17 Å². The summed E-state index contributed by atoms with van der Waals surface area (Å²) in [4.78, 5) is 22.9. The summed E-state index contributed by atoms with van der Waals surface area (Å²) in [7, 11) is 0. The molecule has 196 valence electrons. The van der Waals surface area contributed by atoms with Crippen molar-refractivity contribution in [2.45, 2.75) is 39.7 Å². The number of amides is 1. The Kier molecular flexibility index (Phi) is 8.74. The lowest BCUT2D eigenvalue weighted by atomic mass is 10.1. The zero-order chi connectivity index (χ0) is 26.5. The van der Waals surface area contributed by atoms with Gasteiger partial charge in [-0.1, -0.05) is 35.9 Å². The van der Waals surface area contributed by atoms with E-state index in [2.05, 4.69) is 89.0 Å². The van der Waals surface area contributed by atoms with Gasteiger partial charge in [0.25, 0.3) is 5.91 Å². The van der Waals surface area contributed by atoms with Crippen molar-refractivity contribution in [3.05, 3.63) is 91.9 Å². The number of anilines is 1. The maximum absolute atomic E-state index is 13.2. The predicted octanol–water partition coefficient (Wildman–Crippen LogP) is 7.79. The fraction of sp³-hybridized carbons (Fsp3) is 0.290. The van der Waals surface area contributed by atoms with E-state index in [1.54, 1.807) is 4.90 Å². The van der Waals surface area contributed by atoms with Crippen LogP contribution < -0.4 is 9.64 Å². The number of aryl methyl sites for hydroxylation is 1. The summed E-state index contributed by atoms with van der Waals surface area (Å²) in [5.41, 5.74) is 5.46. The van der Waals surface area contributed by atoms with E-state index in [0.717, 1.165) is 44.4 Å². The molecule has 0 spiro atoms. The Bertz CT molecular complexity index is 1350.